The summed E-state index contributed by atoms with van der Waals surface area (Å²) >= 11 is 0. The van der Waals surface area contributed by atoms with E-state index in [1.54, 1.807) is 13.8 Å². The molecular formula is C11H16N2O3S. The van der Waals surface area contributed by atoms with Crippen molar-refractivity contribution in [3.8, 4) is 0 Å². The van der Waals surface area contributed by atoms with Crippen molar-refractivity contribution in [1.29, 1.82) is 0 Å². The number of rotatable bonds is 4. The summed E-state index contributed by atoms with van der Waals surface area (Å²) < 4.78 is 23.4. The smallest absolute Gasteiger partial charge is 0.248 e. The monoisotopic (exact) mass is 256 g/mol. The van der Waals surface area contributed by atoms with Gasteiger partial charge < -0.3 is 11.5 Å². The molecule has 0 spiro atoms. The Morgan fingerprint density at radius 1 is 1.35 bits per heavy atom. The highest BCUT2D eigenvalue weighted by atomic mass is 32.2. The van der Waals surface area contributed by atoms with Crippen molar-refractivity contribution in [1.82, 2.24) is 0 Å². The standard InChI is InChI=1S/C11H16N2O3S/c1-7(2)17(15,16)6-9-4-3-8(11(13)14)5-10(9)12/h3-5,7H,6,12H2,1-2H3,(H2,13,14). The van der Waals surface area contributed by atoms with Gasteiger partial charge in [-0.15, -0.1) is 0 Å². The molecule has 0 aliphatic carbocycles. The summed E-state index contributed by atoms with van der Waals surface area (Å²) in [6, 6.07) is 4.40. The molecule has 6 heteroatoms. The highest BCUT2D eigenvalue weighted by molar-refractivity contribution is 7.91. The van der Waals surface area contributed by atoms with Crippen LogP contribution in [-0.2, 0) is 15.6 Å². The largest absolute Gasteiger partial charge is 0.398 e. The topological polar surface area (TPSA) is 103 Å². The Kier molecular flexibility index (Phi) is 3.77. The Labute approximate surface area is 101 Å². The lowest BCUT2D eigenvalue weighted by Crippen LogP contribution is -2.17. The number of amides is 1. The SMILES string of the molecule is CC(C)S(=O)(=O)Cc1ccc(C(N)=O)cc1N. The molecule has 1 amide bonds. The van der Waals surface area contributed by atoms with E-state index in [0.29, 0.717) is 5.56 Å². The molecule has 4 N–H and O–H groups in total. The van der Waals surface area contributed by atoms with E-state index in [0.717, 1.165) is 0 Å². The van der Waals surface area contributed by atoms with Gasteiger partial charge in [-0.1, -0.05) is 6.07 Å². The quantitative estimate of drug-likeness (QED) is 0.773. The summed E-state index contributed by atoms with van der Waals surface area (Å²) in [5, 5.41) is -0.460. The van der Waals surface area contributed by atoms with E-state index in [9.17, 15) is 13.2 Å². The van der Waals surface area contributed by atoms with Crippen LogP contribution < -0.4 is 11.5 Å². The summed E-state index contributed by atoms with van der Waals surface area (Å²) in [5.74, 6) is -0.717. The molecule has 0 heterocycles. The average molecular weight is 256 g/mol. The fourth-order valence-electron chi connectivity index (χ4n) is 1.26. The zero-order valence-electron chi connectivity index (χ0n) is 9.80. The fraction of sp³-hybridized carbons (Fsp3) is 0.364. The van der Waals surface area contributed by atoms with Gasteiger partial charge in [0.15, 0.2) is 9.84 Å². The summed E-state index contributed by atoms with van der Waals surface area (Å²) in [6.07, 6.45) is 0. The number of carbonyl (C=O) groups excluding carboxylic acids is 1. The number of carbonyl (C=O) groups is 1. The number of hydrogen-bond acceptors (Lipinski definition) is 4. The first-order valence-electron chi connectivity index (χ1n) is 5.14. The highest BCUT2D eigenvalue weighted by Gasteiger charge is 2.18. The van der Waals surface area contributed by atoms with Crippen LogP contribution in [0.1, 0.15) is 29.8 Å². The number of hydrogen-bond donors (Lipinski definition) is 2. The first-order chi connectivity index (χ1) is 7.74. The van der Waals surface area contributed by atoms with E-state index in [4.69, 9.17) is 11.5 Å². The molecule has 94 valence electrons. The molecular weight excluding hydrogens is 240 g/mol. The van der Waals surface area contributed by atoms with Gasteiger partial charge >= 0.3 is 0 Å². The lowest BCUT2D eigenvalue weighted by Gasteiger charge is -2.10. The lowest BCUT2D eigenvalue weighted by molar-refractivity contribution is 0.100. The number of sulfone groups is 1. The molecule has 1 aromatic carbocycles. The minimum Gasteiger partial charge on any atom is -0.398 e. The molecule has 0 atom stereocenters. The van der Waals surface area contributed by atoms with E-state index < -0.39 is 21.0 Å². The van der Waals surface area contributed by atoms with Crippen molar-refractivity contribution in [2.45, 2.75) is 24.9 Å². The molecule has 1 rings (SSSR count). The van der Waals surface area contributed by atoms with Crippen LogP contribution >= 0.6 is 0 Å². The van der Waals surface area contributed by atoms with Gasteiger partial charge in [-0.2, -0.15) is 0 Å². The second kappa shape index (κ2) is 4.75. The Balaban J connectivity index is 3.06. The van der Waals surface area contributed by atoms with Gasteiger partial charge in [0.25, 0.3) is 0 Å². The zero-order chi connectivity index (χ0) is 13.2. The van der Waals surface area contributed by atoms with E-state index in [1.165, 1.54) is 18.2 Å². The van der Waals surface area contributed by atoms with E-state index in [1.807, 2.05) is 0 Å². The van der Waals surface area contributed by atoms with Gasteiger partial charge in [0.2, 0.25) is 5.91 Å². The van der Waals surface area contributed by atoms with Gasteiger partial charge in [-0.25, -0.2) is 8.42 Å². The molecule has 0 unspecified atom stereocenters. The number of anilines is 1. The molecule has 0 aliphatic heterocycles. The Bertz CT molecular complexity index is 536. The molecule has 0 aliphatic rings. The fourth-order valence-corrected chi connectivity index (χ4v) is 2.29. The first-order valence-corrected chi connectivity index (χ1v) is 6.85. The van der Waals surface area contributed by atoms with Crippen molar-refractivity contribution in [2.24, 2.45) is 5.73 Å². The van der Waals surface area contributed by atoms with Gasteiger partial charge in [-0.05, 0) is 31.5 Å². The third kappa shape index (κ3) is 3.20. The predicted molar refractivity (Wildman–Crippen MR) is 67.1 cm³/mol. The molecule has 0 fully saturated rings. The molecule has 1 aromatic rings. The number of nitrogen functional groups attached to an aromatic ring is 1. The Hall–Kier alpha value is -1.56. The Morgan fingerprint density at radius 2 is 1.94 bits per heavy atom. The highest BCUT2D eigenvalue weighted by Crippen LogP contribution is 2.19. The summed E-state index contributed by atoms with van der Waals surface area (Å²) in [7, 11) is -3.20. The molecule has 0 saturated heterocycles. The molecule has 0 aromatic heterocycles. The number of primary amides is 1. The Morgan fingerprint density at radius 3 is 2.35 bits per heavy atom. The van der Waals surface area contributed by atoms with Crippen LogP contribution in [0.4, 0.5) is 5.69 Å². The molecule has 17 heavy (non-hydrogen) atoms. The van der Waals surface area contributed by atoms with Gasteiger partial charge in [0, 0.05) is 11.3 Å². The first kappa shape index (κ1) is 13.5. The van der Waals surface area contributed by atoms with Crippen LogP contribution in [0, 0.1) is 0 Å². The summed E-state index contributed by atoms with van der Waals surface area (Å²) in [6.45, 7) is 3.23. The zero-order valence-corrected chi connectivity index (χ0v) is 10.6. The summed E-state index contributed by atoms with van der Waals surface area (Å²) in [4.78, 5) is 10.9. The maximum absolute atomic E-state index is 11.7. The van der Waals surface area contributed by atoms with Crippen molar-refractivity contribution in [2.75, 3.05) is 5.73 Å². The second-order valence-electron chi connectivity index (χ2n) is 4.13. The molecule has 0 radical (unpaired) electrons. The third-order valence-electron chi connectivity index (χ3n) is 2.51. The third-order valence-corrected chi connectivity index (χ3v) is 4.66. The van der Waals surface area contributed by atoms with Crippen LogP contribution in [0.15, 0.2) is 18.2 Å². The van der Waals surface area contributed by atoms with E-state index >= 15 is 0 Å². The van der Waals surface area contributed by atoms with Crippen molar-refractivity contribution >= 4 is 21.4 Å². The van der Waals surface area contributed by atoms with Crippen LogP contribution in [-0.4, -0.2) is 19.6 Å². The van der Waals surface area contributed by atoms with Crippen LogP contribution in [0.3, 0.4) is 0 Å². The number of nitrogens with two attached hydrogens (primary N) is 2. The normalized spacial score (nSPS) is 11.7. The average Bonchev–Trinajstić information content (AvgIpc) is 2.20. The van der Waals surface area contributed by atoms with Crippen molar-refractivity contribution in [3.05, 3.63) is 29.3 Å². The minimum absolute atomic E-state index is 0.129. The van der Waals surface area contributed by atoms with Gasteiger partial charge in [-0.3, -0.25) is 4.79 Å². The van der Waals surface area contributed by atoms with Gasteiger partial charge in [0.1, 0.15) is 0 Å². The molecule has 5 nitrogen and oxygen atoms in total. The second-order valence-corrected chi connectivity index (χ2v) is 6.69. The van der Waals surface area contributed by atoms with Gasteiger partial charge in [0.05, 0.1) is 11.0 Å². The number of benzene rings is 1. The molecule has 0 bridgehead atoms. The summed E-state index contributed by atoms with van der Waals surface area (Å²) in [5.41, 5.74) is 11.8. The predicted octanol–water partition coefficient (Wildman–Crippen LogP) is 0.691. The lowest BCUT2D eigenvalue weighted by atomic mass is 10.1. The maximum atomic E-state index is 11.7. The van der Waals surface area contributed by atoms with Crippen molar-refractivity contribution in [3.63, 3.8) is 0 Å². The van der Waals surface area contributed by atoms with E-state index in [2.05, 4.69) is 0 Å². The maximum Gasteiger partial charge on any atom is 0.248 e. The molecule has 0 saturated carbocycles. The van der Waals surface area contributed by atoms with Crippen molar-refractivity contribution < 1.29 is 13.2 Å². The minimum atomic E-state index is -3.20. The van der Waals surface area contributed by atoms with E-state index in [-0.39, 0.29) is 17.0 Å². The van der Waals surface area contributed by atoms with Crippen LogP contribution in [0.2, 0.25) is 0 Å². The van der Waals surface area contributed by atoms with Crippen LogP contribution in [0.5, 0.6) is 0 Å². The van der Waals surface area contributed by atoms with Crippen LogP contribution in [0.25, 0.3) is 0 Å².